The van der Waals surface area contributed by atoms with E-state index in [1.807, 2.05) is 42.8 Å². The van der Waals surface area contributed by atoms with Crippen LogP contribution in [0.2, 0.25) is 0 Å². The first kappa shape index (κ1) is 21.6. The molecule has 0 saturated carbocycles. The summed E-state index contributed by atoms with van der Waals surface area (Å²) in [5.74, 6) is 0.959. The van der Waals surface area contributed by atoms with Crippen molar-refractivity contribution in [1.82, 2.24) is 20.4 Å². The van der Waals surface area contributed by atoms with Crippen molar-refractivity contribution in [3.8, 4) is 10.7 Å². The van der Waals surface area contributed by atoms with E-state index in [1.54, 1.807) is 35.1 Å². The van der Waals surface area contributed by atoms with Crippen LogP contribution in [0.4, 0.5) is 4.79 Å². The Balaban J connectivity index is 1.75. The second-order valence-corrected chi connectivity index (χ2v) is 8.88. The van der Waals surface area contributed by atoms with Crippen molar-refractivity contribution < 1.29 is 14.1 Å². The number of carbonyl (C=O) groups excluding carboxylic acids is 1. The monoisotopic (exact) mass is 456 g/mol. The van der Waals surface area contributed by atoms with Crippen LogP contribution < -0.4 is 5.32 Å². The lowest BCUT2D eigenvalue weighted by molar-refractivity contribution is 0.174. The zero-order valence-electron chi connectivity index (χ0n) is 17.6. The third-order valence-corrected chi connectivity index (χ3v) is 6.78. The summed E-state index contributed by atoms with van der Waals surface area (Å²) in [5, 5.41) is 9.28. The summed E-state index contributed by atoms with van der Waals surface area (Å²) in [6.07, 6.45) is 2.77. The molecule has 9 heteroatoms. The standard InChI is InChI=1S/C22H24N4O3S2/c1-14-18(21-24-20(25-29-21)17-6-4-13-31-17)19(15-7-9-16(30-3)10-8-15)23-22(27)26(14)11-5-12-28-2/h4,6-10,13,19H,5,11-12H2,1-3H3,(H,23,27). The predicted octanol–water partition coefficient (Wildman–Crippen LogP) is 5.05. The summed E-state index contributed by atoms with van der Waals surface area (Å²) in [6.45, 7) is 3.05. The van der Waals surface area contributed by atoms with Crippen LogP contribution in [0.5, 0.6) is 0 Å². The van der Waals surface area contributed by atoms with Crippen LogP contribution in [-0.2, 0) is 4.74 Å². The summed E-state index contributed by atoms with van der Waals surface area (Å²) in [6, 6.07) is 11.5. The number of allylic oxidation sites excluding steroid dienone is 1. The number of ether oxygens (including phenoxy) is 1. The van der Waals surface area contributed by atoms with Gasteiger partial charge < -0.3 is 14.6 Å². The van der Waals surface area contributed by atoms with Gasteiger partial charge in [0.25, 0.3) is 5.89 Å². The summed E-state index contributed by atoms with van der Waals surface area (Å²) >= 11 is 3.23. The molecule has 2 amide bonds. The molecule has 0 spiro atoms. The van der Waals surface area contributed by atoms with Gasteiger partial charge in [-0.15, -0.1) is 23.1 Å². The minimum Gasteiger partial charge on any atom is -0.385 e. The molecule has 0 aliphatic carbocycles. The average Bonchev–Trinajstić information content (AvgIpc) is 3.48. The molecule has 4 rings (SSSR count). The summed E-state index contributed by atoms with van der Waals surface area (Å²) < 4.78 is 10.8. The van der Waals surface area contributed by atoms with Gasteiger partial charge in [0.15, 0.2) is 0 Å². The Hall–Kier alpha value is -2.62. The molecule has 0 saturated heterocycles. The van der Waals surface area contributed by atoms with Crippen LogP contribution in [0.25, 0.3) is 16.3 Å². The number of nitrogens with zero attached hydrogens (tertiary/aromatic N) is 3. The van der Waals surface area contributed by atoms with E-state index < -0.39 is 0 Å². The van der Waals surface area contributed by atoms with Crippen LogP contribution in [0.1, 0.15) is 30.8 Å². The number of rotatable bonds is 8. The van der Waals surface area contributed by atoms with Gasteiger partial charge >= 0.3 is 6.03 Å². The molecule has 3 aromatic rings. The van der Waals surface area contributed by atoms with E-state index in [2.05, 4.69) is 27.6 Å². The zero-order chi connectivity index (χ0) is 21.8. The lowest BCUT2D eigenvalue weighted by atomic mass is 9.94. The minimum atomic E-state index is -0.376. The van der Waals surface area contributed by atoms with E-state index in [9.17, 15) is 4.79 Å². The van der Waals surface area contributed by atoms with E-state index in [4.69, 9.17) is 9.26 Å². The number of aromatic nitrogens is 2. The summed E-state index contributed by atoms with van der Waals surface area (Å²) in [5.41, 5.74) is 2.58. The topological polar surface area (TPSA) is 80.5 Å². The van der Waals surface area contributed by atoms with Crippen molar-refractivity contribution in [1.29, 1.82) is 0 Å². The van der Waals surface area contributed by atoms with Gasteiger partial charge in [0.05, 0.1) is 16.5 Å². The van der Waals surface area contributed by atoms with E-state index >= 15 is 0 Å². The second kappa shape index (κ2) is 9.67. The van der Waals surface area contributed by atoms with Gasteiger partial charge in [0.1, 0.15) is 0 Å². The van der Waals surface area contributed by atoms with Crippen molar-refractivity contribution in [2.75, 3.05) is 26.5 Å². The second-order valence-electron chi connectivity index (χ2n) is 7.05. The third kappa shape index (κ3) is 4.53. The molecule has 1 aromatic carbocycles. The van der Waals surface area contributed by atoms with Crippen LogP contribution in [0.15, 0.2) is 56.9 Å². The van der Waals surface area contributed by atoms with Crippen LogP contribution >= 0.6 is 23.1 Å². The van der Waals surface area contributed by atoms with Crippen molar-refractivity contribution in [3.05, 3.63) is 58.9 Å². The minimum absolute atomic E-state index is 0.144. The quantitative estimate of drug-likeness (QED) is 0.377. The number of thiophene rings is 1. The molecule has 3 heterocycles. The SMILES string of the molecule is COCCCN1C(=O)NC(c2ccc(SC)cc2)C(c2nc(-c3cccs3)no2)=C1C. The Morgan fingerprint density at radius 1 is 1.29 bits per heavy atom. The molecule has 0 fully saturated rings. The van der Waals surface area contributed by atoms with Crippen LogP contribution in [0, 0.1) is 0 Å². The highest BCUT2D eigenvalue weighted by Gasteiger charge is 2.35. The van der Waals surface area contributed by atoms with Crippen molar-refractivity contribution in [2.24, 2.45) is 0 Å². The molecule has 0 bridgehead atoms. The first-order valence-corrected chi connectivity index (χ1v) is 12.0. The smallest absolute Gasteiger partial charge is 0.322 e. The van der Waals surface area contributed by atoms with Crippen LogP contribution in [0.3, 0.4) is 0 Å². The Morgan fingerprint density at radius 3 is 2.77 bits per heavy atom. The number of nitrogens with one attached hydrogen (secondary N) is 1. The van der Waals surface area contributed by atoms with Gasteiger partial charge in [-0.25, -0.2) is 4.79 Å². The molecule has 2 aromatic heterocycles. The van der Waals surface area contributed by atoms with Gasteiger partial charge in [0.2, 0.25) is 5.82 Å². The van der Waals surface area contributed by atoms with Crippen molar-refractivity contribution >= 4 is 34.7 Å². The van der Waals surface area contributed by atoms with Gasteiger partial charge in [0, 0.05) is 30.9 Å². The fraction of sp³-hybridized carbons (Fsp3) is 0.318. The highest BCUT2D eigenvalue weighted by molar-refractivity contribution is 7.98. The Bertz CT molecular complexity index is 1060. The maximum atomic E-state index is 12.9. The lowest BCUT2D eigenvalue weighted by Crippen LogP contribution is -2.46. The Morgan fingerprint density at radius 2 is 2.10 bits per heavy atom. The lowest BCUT2D eigenvalue weighted by Gasteiger charge is -2.35. The van der Waals surface area contributed by atoms with Crippen molar-refractivity contribution in [2.45, 2.75) is 24.3 Å². The molecule has 1 aliphatic rings. The maximum Gasteiger partial charge on any atom is 0.322 e. The number of hydrogen-bond acceptors (Lipinski definition) is 7. The van der Waals surface area contributed by atoms with Gasteiger partial charge in [-0.2, -0.15) is 4.98 Å². The molecule has 31 heavy (non-hydrogen) atoms. The summed E-state index contributed by atoms with van der Waals surface area (Å²) in [4.78, 5) is 21.4. The molecular formula is C22H24N4O3S2. The number of thioether (sulfide) groups is 1. The molecule has 1 unspecified atom stereocenters. The number of hydrogen-bond donors (Lipinski definition) is 1. The number of amides is 2. The van der Waals surface area contributed by atoms with E-state index in [0.717, 1.165) is 33.0 Å². The van der Waals surface area contributed by atoms with Crippen LogP contribution in [-0.4, -0.2) is 47.6 Å². The largest absolute Gasteiger partial charge is 0.385 e. The average molecular weight is 457 g/mol. The molecular weight excluding hydrogens is 432 g/mol. The molecule has 0 radical (unpaired) electrons. The Labute approximate surface area is 189 Å². The van der Waals surface area contributed by atoms with E-state index in [-0.39, 0.29) is 12.1 Å². The van der Waals surface area contributed by atoms with Crippen molar-refractivity contribution in [3.63, 3.8) is 0 Å². The fourth-order valence-corrected chi connectivity index (χ4v) is 4.64. The normalized spacial score (nSPS) is 16.7. The van der Waals surface area contributed by atoms with Gasteiger partial charge in [-0.1, -0.05) is 23.4 Å². The molecule has 1 aliphatic heterocycles. The zero-order valence-corrected chi connectivity index (χ0v) is 19.3. The molecule has 7 nitrogen and oxygen atoms in total. The highest BCUT2D eigenvalue weighted by Crippen LogP contribution is 2.38. The third-order valence-electron chi connectivity index (χ3n) is 5.17. The summed E-state index contributed by atoms with van der Waals surface area (Å²) in [7, 11) is 1.66. The molecule has 162 valence electrons. The highest BCUT2D eigenvalue weighted by atomic mass is 32.2. The van der Waals surface area contributed by atoms with Gasteiger partial charge in [-0.3, -0.25) is 4.90 Å². The first-order chi connectivity index (χ1) is 15.1. The molecule has 1 atom stereocenters. The number of methoxy groups -OCH3 is 1. The fourth-order valence-electron chi connectivity index (χ4n) is 3.58. The maximum absolute atomic E-state index is 12.9. The first-order valence-electron chi connectivity index (χ1n) is 9.92. The van der Waals surface area contributed by atoms with E-state index in [0.29, 0.717) is 24.9 Å². The van der Waals surface area contributed by atoms with E-state index in [1.165, 1.54) is 0 Å². The number of carbonyl (C=O) groups is 1. The Kier molecular flexibility index (Phi) is 6.74. The molecule has 1 N–H and O–H groups in total. The number of benzene rings is 1. The van der Waals surface area contributed by atoms with Gasteiger partial charge in [-0.05, 0) is 48.7 Å². The number of urea groups is 1. The predicted molar refractivity (Wildman–Crippen MR) is 123 cm³/mol.